The SMILES string of the molecule is COC1CN(C(=O)c2cc(Cl)ccc2N)CCC1C. The first-order valence-electron chi connectivity index (χ1n) is 6.40. The molecule has 1 fully saturated rings. The molecule has 0 aromatic heterocycles. The van der Waals surface area contributed by atoms with Crippen LogP contribution < -0.4 is 5.73 Å². The number of anilines is 1. The predicted octanol–water partition coefficient (Wildman–Crippen LogP) is 2.42. The fourth-order valence-electron chi connectivity index (χ4n) is 2.41. The summed E-state index contributed by atoms with van der Waals surface area (Å²) < 4.78 is 5.42. The van der Waals surface area contributed by atoms with Gasteiger partial charge in [-0.05, 0) is 30.5 Å². The Morgan fingerprint density at radius 2 is 2.26 bits per heavy atom. The Morgan fingerprint density at radius 3 is 2.95 bits per heavy atom. The molecule has 1 aliphatic rings. The van der Waals surface area contributed by atoms with Gasteiger partial charge in [0.2, 0.25) is 0 Å². The molecule has 4 nitrogen and oxygen atoms in total. The van der Waals surface area contributed by atoms with Crippen LogP contribution in [-0.4, -0.2) is 37.1 Å². The number of nitrogens with zero attached hydrogens (tertiary/aromatic N) is 1. The van der Waals surface area contributed by atoms with Crippen LogP contribution in [-0.2, 0) is 4.74 Å². The molecule has 0 spiro atoms. The van der Waals surface area contributed by atoms with Crippen LogP contribution in [0.2, 0.25) is 5.02 Å². The van der Waals surface area contributed by atoms with Gasteiger partial charge in [0.05, 0.1) is 11.7 Å². The zero-order valence-corrected chi connectivity index (χ0v) is 12.0. The summed E-state index contributed by atoms with van der Waals surface area (Å²) in [5, 5.41) is 0.520. The number of carbonyl (C=O) groups is 1. The summed E-state index contributed by atoms with van der Waals surface area (Å²) in [6.45, 7) is 3.47. The van der Waals surface area contributed by atoms with Gasteiger partial charge < -0.3 is 15.4 Å². The zero-order chi connectivity index (χ0) is 14.0. The van der Waals surface area contributed by atoms with Gasteiger partial charge in [-0.2, -0.15) is 0 Å². The summed E-state index contributed by atoms with van der Waals surface area (Å²) in [6.07, 6.45) is 1.02. The maximum atomic E-state index is 12.5. The van der Waals surface area contributed by atoms with Gasteiger partial charge >= 0.3 is 0 Å². The molecule has 1 aromatic rings. The van der Waals surface area contributed by atoms with E-state index in [2.05, 4.69) is 6.92 Å². The van der Waals surface area contributed by atoms with Gasteiger partial charge in [-0.25, -0.2) is 0 Å². The van der Waals surface area contributed by atoms with Crippen LogP contribution in [0.3, 0.4) is 0 Å². The number of piperidine rings is 1. The number of carbonyl (C=O) groups excluding carboxylic acids is 1. The van der Waals surface area contributed by atoms with Crippen molar-refractivity contribution in [3.05, 3.63) is 28.8 Å². The van der Waals surface area contributed by atoms with Crippen LogP contribution in [0, 0.1) is 5.92 Å². The Labute approximate surface area is 118 Å². The molecule has 19 heavy (non-hydrogen) atoms. The first kappa shape index (κ1) is 14.2. The molecule has 104 valence electrons. The standard InChI is InChI=1S/C14H19ClN2O2/c1-9-5-6-17(8-13(9)19-2)14(18)11-7-10(15)3-4-12(11)16/h3-4,7,9,13H,5-6,8,16H2,1-2H3. The number of nitrogen functional groups attached to an aromatic ring is 1. The van der Waals surface area contributed by atoms with E-state index in [1.54, 1.807) is 30.2 Å². The van der Waals surface area contributed by atoms with Gasteiger partial charge in [0, 0.05) is 30.9 Å². The van der Waals surface area contributed by atoms with Gasteiger partial charge in [-0.15, -0.1) is 0 Å². The van der Waals surface area contributed by atoms with E-state index in [1.807, 2.05) is 0 Å². The Kier molecular flexibility index (Phi) is 4.32. The summed E-state index contributed by atoms with van der Waals surface area (Å²) in [4.78, 5) is 14.3. The monoisotopic (exact) mass is 282 g/mol. The molecule has 1 aromatic carbocycles. The topological polar surface area (TPSA) is 55.6 Å². The first-order valence-corrected chi connectivity index (χ1v) is 6.77. The van der Waals surface area contributed by atoms with E-state index in [4.69, 9.17) is 22.1 Å². The van der Waals surface area contributed by atoms with Gasteiger partial charge in [0.25, 0.3) is 5.91 Å². The lowest BCUT2D eigenvalue weighted by Gasteiger charge is -2.36. The molecule has 1 saturated heterocycles. The second kappa shape index (κ2) is 5.80. The summed E-state index contributed by atoms with van der Waals surface area (Å²) in [5.41, 5.74) is 6.78. The van der Waals surface area contributed by atoms with Crippen molar-refractivity contribution in [2.45, 2.75) is 19.4 Å². The number of benzene rings is 1. The third kappa shape index (κ3) is 3.01. The molecule has 1 aliphatic heterocycles. The minimum Gasteiger partial charge on any atom is -0.398 e. The van der Waals surface area contributed by atoms with Crippen molar-refractivity contribution in [2.24, 2.45) is 5.92 Å². The molecule has 2 N–H and O–H groups in total. The molecule has 2 atom stereocenters. The van der Waals surface area contributed by atoms with E-state index in [0.717, 1.165) is 13.0 Å². The molecule has 0 saturated carbocycles. The molecule has 5 heteroatoms. The molecule has 0 bridgehead atoms. The van der Waals surface area contributed by atoms with E-state index in [0.29, 0.717) is 28.7 Å². The lowest BCUT2D eigenvalue weighted by molar-refractivity contribution is -0.00152. The lowest BCUT2D eigenvalue weighted by atomic mass is 9.95. The molecule has 1 amide bonds. The summed E-state index contributed by atoms with van der Waals surface area (Å²) in [6, 6.07) is 4.97. The highest BCUT2D eigenvalue weighted by Crippen LogP contribution is 2.24. The summed E-state index contributed by atoms with van der Waals surface area (Å²) in [7, 11) is 1.68. The van der Waals surface area contributed by atoms with E-state index in [1.165, 1.54) is 0 Å². The minimum absolute atomic E-state index is 0.0750. The van der Waals surface area contributed by atoms with Crippen molar-refractivity contribution < 1.29 is 9.53 Å². The number of hydrogen-bond acceptors (Lipinski definition) is 3. The zero-order valence-electron chi connectivity index (χ0n) is 11.2. The van der Waals surface area contributed by atoms with Gasteiger partial charge in [0.1, 0.15) is 0 Å². The van der Waals surface area contributed by atoms with Crippen LogP contribution in [0.1, 0.15) is 23.7 Å². The molecule has 0 aliphatic carbocycles. The smallest absolute Gasteiger partial charge is 0.256 e. The highest BCUT2D eigenvalue weighted by molar-refractivity contribution is 6.31. The maximum Gasteiger partial charge on any atom is 0.256 e. The average Bonchev–Trinajstić information content (AvgIpc) is 2.41. The molecule has 0 radical (unpaired) electrons. The summed E-state index contributed by atoms with van der Waals surface area (Å²) in [5.74, 6) is 0.389. The van der Waals surface area contributed by atoms with Crippen LogP contribution in [0.5, 0.6) is 0 Å². The lowest BCUT2D eigenvalue weighted by Crippen LogP contribution is -2.46. The van der Waals surface area contributed by atoms with Crippen molar-refractivity contribution in [1.29, 1.82) is 0 Å². The van der Waals surface area contributed by atoms with E-state index in [-0.39, 0.29) is 12.0 Å². The van der Waals surface area contributed by atoms with Gasteiger partial charge in [-0.1, -0.05) is 18.5 Å². The third-order valence-corrected chi connectivity index (χ3v) is 3.96. The highest BCUT2D eigenvalue weighted by Gasteiger charge is 2.29. The Bertz CT molecular complexity index is 479. The Morgan fingerprint density at radius 1 is 1.53 bits per heavy atom. The number of halogens is 1. The van der Waals surface area contributed by atoms with Crippen molar-refractivity contribution in [1.82, 2.24) is 4.90 Å². The number of ether oxygens (including phenoxy) is 1. The predicted molar refractivity (Wildman–Crippen MR) is 76.3 cm³/mol. The Hall–Kier alpha value is -1.26. The van der Waals surface area contributed by atoms with Gasteiger partial charge in [-0.3, -0.25) is 4.79 Å². The van der Waals surface area contributed by atoms with Crippen LogP contribution >= 0.6 is 11.6 Å². The van der Waals surface area contributed by atoms with Crippen molar-refractivity contribution in [3.8, 4) is 0 Å². The van der Waals surface area contributed by atoms with E-state index >= 15 is 0 Å². The number of amides is 1. The van der Waals surface area contributed by atoms with Crippen molar-refractivity contribution >= 4 is 23.2 Å². The molecule has 2 unspecified atom stereocenters. The normalized spacial score (nSPS) is 23.4. The Balaban J connectivity index is 2.18. The van der Waals surface area contributed by atoms with Crippen LogP contribution in [0.15, 0.2) is 18.2 Å². The molecule has 2 rings (SSSR count). The second-order valence-electron chi connectivity index (χ2n) is 5.02. The van der Waals surface area contributed by atoms with Crippen molar-refractivity contribution in [3.63, 3.8) is 0 Å². The largest absolute Gasteiger partial charge is 0.398 e. The number of likely N-dealkylation sites (tertiary alicyclic amines) is 1. The number of hydrogen-bond donors (Lipinski definition) is 1. The fraction of sp³-hybridized carbons (Fsp3) is 0.500. The third-order valence-electron chi connectivity index (χ3n) is 3.73. The minimum atomic E-state index is -0.0750. The van der Waals surface area contributed by atoms with Gasteiger partial charge in [0.15, 0.2) is 0 Å². The van der Waals surface area contributed by atoms with Crippen molar-refractivity contribution in [2.75, 3.05) is 25.9 Å². The summed E-state index contributed by atoms with van der Waals surface area (Å²) >= 11 is 5.93. The quantitative estimate of drug-likeness (QED) is 0.848. The first-order chi connectivity index (χ1) is 9.02. The maximum absolute atomic E-state index is 12.5. The molecular weight excluding hydrogens is 264 g/mol. The average molecular weight is 283 g/mol. The molecular formula is C14H19ClN2O2. The van der Waals surface area contributed by atoms with Crippen LogP contribution in [0.25, 0.3) is 0 Å². The molecule has 1 heterocycles. The number of methoxy groups -OCH3 is 1. The number of nitrogens with two attached hydrogens (primary N) is 1. The van der Waals surface area contributed by atoms with E-state index < -0.39 is 0 Å². The fourth-order valence-corrected chi connectivity index (χ4v) is 2.58. The second-order valence-corrected chi connectivity index (χ2v) is 5.46. The van der Waals surface area contributed by atoms with Crippen LogP contribution in [0.4, 0.5) is 5.69 Å². The number of rotatable bonds is 2. The highest BCUT2D eigenvalue weighted by atomic mass is 35.5. The van der Waals surface area contributed by atoms with E-state index in [9.17, 15) is 4.79 Å².